The van der Waals surface area contributed by atoms with Crippen molar-refractivity contribution in [2.45, 2.75) is 121 Å². The first-order valence-electron chi connectivity index (χ1n) is 23.1. The number of aromatic nitrogens is 4. The van der Waals surface area contributed by atoms with E-state index in [9.17, 15) is 19.2 Å². The topological polar surface area (TPSA) is 178 Å². The van der Waals surface area contributed by atoms with Crippen LogP contribution in [-0.4, -0.2) is 99.2 Å². The zero-order valence-electron chi connectivity index (χ0n) is 38.2. The summed E-state index contributed by atoms with van der Waals surface area (Å²) in [7, 11) is 2.56. The molecule has 4 amide bonds. The lowest BCUT2D eigenvalue weighted by molar-refractivity contribution is -0.136. The zero-order valence-corrected chi connectivity index (χ0v) is 38.2. The lowest BCUT2D eigenvalue weighted by Gasteiger charge is -2.32. The summed E-state index contributed by atoms with van der Waals surface area (Å²) in [5.74, 6) is 0.872. The fraction of sp³-hybridized carbons (Fsp3) is 0.510. The maximum Gasteiger partial charge on any atom is 0.407 e. The van der Waals surface area contributed by atoms with Gasteiger partial charge in [-0.3, -0.25) is 9.59 Å². The molecular formula is C49H62FN9O6. The molecule has 4 aromatic rings. The third-order valence-corrected chi connectivity index (χ3v) is 13.5. The van der Waals surface area contributed by atoms with Crippen molar-refractivity contribution in [1.82, 2.24) is 40.4 Å². The molecule has 346 valence electrons. The van der Waals surface area contributed by atoms with Crippen molar-refractivity contribution in [2.75, 3.05) is 32.2 Å². The van der Waals surface area contributed by atoms with Crippen LogP contribution in [0.2, 0.25) is 0 Å². The van der Waals surface area contributed by atoms with Crippen molar-refractivity contribution >= 4 is 53.4 Å². The quantitative estimate of drug-likeness (QED) is 0.116. The maximum atomic E-state index is 16.3. The Morgan fingerprint density at radius 2 is 1.37 bits per heavy atom. The Hall–Kier alpha value is -6.19. The Labute approximate surface area is 378 Å². The molecular weight excluding hydrogens is 830 g/mol. The number of allylic oxidation sites excluding steroid dienone is 1. The van der Waals surface area contributed by atoms with Crippen molar-refractivity contribution in [1.29, 1.82) is 0 Å². The molecule has 4 N–H and O–H groups in total. The summed E-state index contributed by atoms with van der Waals surface area (Å²) in [5, 5.41) is 6.68. The third kappa shape index (κ3) is 9.48. The number of hydrogen-bond donors (Lipinski definition) is 4. The smallest absolute Gasteiger partial charge is 0.407 e. The van der Waals surface area contributed by atoms with Crippen LogP contribution in [0.5, 0.6) is 0 Å². The van der Waals surface area contributed by atoms with Gasteiger partial charge < -0.3 is 44.8 Å². The van der Waals surface area contributed by atoms with Crippen molar-refractivity contribution in [3.63, 3.8) is 0 Å². The van der Waals surface area contributed by atoms with E-state index in [-0.39, 0.29) is 53.6 Å². The molecule has 1 saturated carbocycles. The number of ether oxygens (including phenoxy) is 2. The SMILES string of the molecule is C=c1[nH]c(C2CCCN2C(=O)C(NC(=O)OC)C(C)C)n/c1=C\C=CC1CCC(c2ccc3nc(C4CCCN4C(=O)C(NC(=O)OC)C(C)C)[nH]c3c2)N1c1ccc(C2CC2)cc1F. The van der Waals surface area contributed by atoms with Crippen LogP contribution in [0.1, 0.15) is 126 Å². The fourth-order valence-electron chi connectivity index (χ4n) is 9.92. The second-order valence-electron chi connectivity index (χ2n) is 18.6. The van der Waals surface area contributed by atoms with Crippen molar-refractivity contribution in [2.24, 2.45) is 11.8 Å². The summed E-state index contributed by atoms with van der Waals surface area (Å²) < 4.78 is 25.9. The number of nitrogens with zero attached hydrogens (tertiary/aromatic N) is 5. The van der Waals surface area contributed by atoms with Crippen LogP contribution in [0.15, 0.2) is 48.6 Å². The number of rotatable bonds is 13. The van der Waals surface area contributed by atoms with Crippen LogP contribution in [0.25, 0.3) is 23.7 Å². The van der Waals surface area contributed by atoms with Crippen molar-refractivity contribution in [3.05, 3.63) is 87.8 Å². The van der Waals surface area contributed by atoms with Crippen LogP contribution in [0.3, 0.4) is 0 Å². The van der Waals surface area contributed by atoms with E-state index in [1.165, 1.54) is 14.2 Å². The predicted octanol–water partition coefficient (Wildman–Crippen LogP) is 6.55. The fourth-order valence-corrected chi connectivity index (χ4v) is 9.92. The number of nitrogens with one attached hydrogen (secondary N) is 4. The van der Waals surface area contributed by atoms with E-state index in [0.29, 0.717) is 47.0 Å². The lowest BCUT2D eigenvalue weighted by Crippen LogP contribution is -2.51. The summed E-state index contributed by atoms with van der Waals surface area (Å²) in [6, 6.07) is 9.53. The number of benzene rings is 2. The lowest BCUT2D eigenvalue weighted by atomic mass is 10.0. The Morgan fingerprint density at radius 1 is 0.769 bits per heavy atom. The average Bonchev–Trinajstić information content (AvgIpc) is 3.78. The normalized spacial score (nSPS) is 22.4. The van der Waals surface area contributed by atoms with Gasteiger partial charge in [0.1, 0.15) is 29.5 Å². The highest BCUT2D eigenvalue weighted by Gasteiger charge is 2.40. The van der Waals surface area contributed by atoms with Gasteiger partial charge in [0, 0.05) is 19.1 Å². The molecule has 0 bridgehead atoms. The first-order valence-corrected chi connectivity index (χ1v) is 23.1. The summed E-state index contributed by atoms with van der Waals surface area (Å²) in [6.07, 6.45) is 11.5. The molecule has 2 aromatic heterocycles. The molecule has 0 radical (unpaired) electrons. The Kier molecular flexibility index (Phi) is 13.3. The van der Waals surface area contributed by atoms with Gasteiger partial charge in [-0.1, -0.05) is 58.6 Å². The van der Waals surface area contributed by atoms with Crippen LogP contribution < -0.4 is 26.2 Å². The van der Waals surface area contributed by atoms with Gasteiger partial charge in [0.2, 0.25) is 11.8 Å². The molecule has 6 atom stereocenters. The van der Waals surface area contributed by atoms with Gasteiger partial charge in [-0.25, -0.2) is 23.9 Å². The van der Waals surface area contributed by atoms with Crippen molar-refractivity contribution < 1.29 is 33.0 Å². The van der Waals surface area contributed by atoms with E-state index in [1.54, 1.807) is 15.9 Å². The molecule has 65 heavy (non-hydrogen) atoms. The van der Waals surface area contributed by atoms with Crippen LogP contribution in [0, 0.1) is 17.7 Å². The number of hydrogen-bond acceptors (Lipinski definition) is 9. The average molecular weight is 892 g/mol. The number of halogens is 1. The number of anilines is 1. The molecule has 1 aliphatic carbocycles. The van der Waals surface area contributed by atoms with Crippen LogP contribution in [-0.2, 0) is 19.1 Å². The van der Waals surface area contributed by atoms with E-state index in [1.807, 2.05) is 52.0 Å². The molecule has 0 spiro atoms. The van der Waals surface area contributed by atoms with E-state index >= 15 is 4.39 Å². The number of alkyl carbamates (subject to hydrolysis) is 2. The second kappa shape index (κ2) is 19.1. The standard InChI is InChI=1S/C49H62FN9O6/c1-27(2)42(55-48(62)64-6)46(60)57-23-9-13-40(57)44-51-29(5)35(52-44)12-8-11-33-19-22-38(59(33)39-21-18-31(25-34(39)50)30-15-16-30)32-17-20-36-37(26-32)54-45(53-36)41-14-10-24-58(41)47(61)43(28(3)4)56-49(63)65-7/h8,11-12,17-18,20-21,25-28,30,33,38,40-43H,5,9-10,13-16,19,22-24H2,1-4,6-7H3,(H,51,52)(H,53,54)(H,55,62)(H,56,63)/b11-8?,35-12-. The number of methoxy groups -OCH3 is 2. The molecule has 8 rings (SSSR count). The van der Waals surface area contributed by atoms with Crippen LogP contribution >= 0.6 is 0 Å². The number of carbonyl (C=O) groups excluding carboxylic acids is 4. The molecule has 6 unspecified atom stereocenters. The van der Waals surface area contributed by atoms with Crippen LogP contribution in [0.4, 0.5) is 19.7 Å². The summed E-state index contributed by atoms with van der Waals surface area (Å²) in [4.78, 5) is 74.2. The van der Waals surface area contributed by atoms with Gasteiger partial charge in [-0.2, -0.15) is 0 Å². The zero-order chi connectivity index (χ0) is 46.1. The van der Waals surface area contributed by atoms with Gasteiger partial charge in [0.15, 0.2) is 0 Å². The van der Waals surface area contributed by atoms with Gasteiger partial charge in [0.25, 0.3) is 0 Å². The molecule has 15 nitrogen and oxygen atoms in total. The number of H-pyrrole nitrogens is 2. The summed E-state index contributed by atoms with van der Waals surface area (Å²) >= 11 is 0. The maximum absolute atomic E-state index is 16.3. The minimum absolute atomic E-state index is 0.138. The minimum atomic E-state index is -0.736. The van der Waals surface area contributed by atoms with E-state index in [4.69, 9.17) is 19.4 Å². The van der Waals surface area contributed by atoms with Gasteiger partial charge in [-0.05, 0) is 111 Å². The highest BCUT2D eigenvalue weighted by Crippen LogP contribution is 2.45. The monoisotopic (exact) mass is 891 g/mol. The molecule has 4 aliphatic rings. The summed E-state index contributed by atoms with van der Waals surface area (Å²) in [5.41, 5.74) is 4.21. The first-order chi connectivity index (χ1) is 31.3. The predicted molar refractivity (Wildman–Crippen MR) is 245 cm³/mol. The molecule has 3 saturated heterocycles. The largest absolute Gasteiger partial charge is 0.453 e. The second-order valence-corrected chi connectivity index (χ2v) is 18.6. The summed E-state index contributed by atoms with van der Waals surface area (Å²) in [6.45, 7) is 12.9. The van der Waals surface area contributed by atoms with Crippen molar-refractivity contribution in [3.8, 4) is 0 Å². The number of fused-ring (bicyclic) bond motifs is 1. The Morgan fingerprint density at radius 3 is 1.94 bits per heavy atom. The highest BCUT2D eigenvalue weighted by molar-refractivity contribution is 5.87. The number of likely N-dealkylation sites (tertiary alicyclic amines) is 2. The number of aromatic amines is 2. The van der Waals surface area contributed by atoms with Gasteiger partial charge in [-0.15, -0.1) is 0 Å². The van der Waals surface area contributed by atoms with E-state index in [0.717, 1.165) is 73.5 Å². The highest BCUT2D eigenvalue weighted by atomic mass is 19.1. The minimum Gasteiger partial charge on any atom is -0.453 e. The van der Waals surface area contributed by atoms with Gasteiger partial charge >= 0.3 is 12.2 Å². The Bertz CT molecular complexity index is 2570. The number of carbonyl (C=O) groups is 4. The molecule has 3 aliphatic heterocycles. The number of imidazole rings is 2. The van der Waals surface area contributed by atoms with E-state index < -0.39 is 24.3 Å². The van der Waals surface area contributed by atoms with E-state index in [2.05, 4.69) is 56.4 Å². The third-order valence-electron chi connectivity index (χ3n) is 13.5. The molecule has 4 fully saturated rings. The number of amides is 4. The first kappa shape index (κ1) is 45.4. The molecule has 5 heterocycles. The Balaban J connectivity index is 1.05. The molecule has 16 heteroatoms. The van der Waals surface area contributed by atoms with Gasteiger partial charge in [0.05, 0.1) is 59.8 Å². The molecule has 2 aromatic carbocycles.